The molecule has 3 heterocycles. The molecule has 0 spiro atoms. The molecule has 170 valence electrons. The number of aromatic nitrogens is 4. The summed E-state index contributed by atoms with van der Waals surface area (Å²) in [7, 11) is 0. The number of β-amino-alcohol motifs (C(OH)–C–C–N with tert-alkyl or cyclic N) is 1. The van der Waals surface area contributed by atoms with Crippen LogP contribution in [0.2, 0.25) is 0 Å². The van der Waals surface area contributed by atoms with E-state index in [1.165, 1.54) is 0 Å². The molecule has 0 aliphatic carbocycles. The lowest BCUT2D eigenvalue weighted by Gasteiger charge is -2.39. The Hall–Kier alpha value is -2.97. The number of anilines is 1. The van der Waals surface area contributed by atoms with Crippen LogP contribution >= 0.6 is 0 Å². The van der Waals surface area contributed by atoms with E-state index in [2.05, 4.69) is 50.4 Å². The quantitative estimate of drug-likeness (QED) is 0.533. The average molecular weight is 437 g/mol. The topological polar surface area (TPSA) is 88.3 Å². The van der Waals surface area contributed by atoms with Gasteiger partial charge in [-0.25, -0.2) is 9.97 Å². The Kier molecular flexibility index (Phi) is 7.02. The van der Waals surface area contributed by atoms with E-state index in [1.54, 1.807) is 18.5 Å². The Morgan fingerprint density at radius 2 is 1.94 bits per heavy atom. The molecule has 1 aliphatic heterocycles. The summed E-state index contributed by atoms with van der Waals surface area (Å²) < 4.78 is 7.83. The van der Waals surface area contributed by atoms with Crippen LogP contribution in [0, 0.1) is 13.8 Å². The maximum Gasteiger partial charge on any atom is 0.225 e. The van der Waals surface area contributed by atoms with Crippen LogP contribution in [0.4, 0.5) is 5.95 Å². The Balaban J connectivity index is 1.21. The highest BCUT2D eigenvalue weighted by Crippen LogP contribution is 2.23. The summed E-state index contributed by atoms with van der Waals surface area (Å²) >= 11 is 0. The summed E-state index contributed by atoms with van der Waals surface area (Å²) in [5.41, 5.74) is 2.53. The lowest BCUT2D eigenvalue weighted by atomic mass is 9.93. The minimum absolute atomic E-state index is 0.525. The van der Waals surface area contributed by atoms with Crippen LogP contribution in [0.5, 0.6) is 5.75 Å². The molecule has 0 unspecified atom stereocenters. The summed E-state index contributed by atoms with van der Waals surface area (Å²) in [6, 6.07) is 12.0. The van der Waals surface area contributed by atoms with Gasteiger partial charge in [0.25, 0.3) is 0 Å². The second-order valence-corrected chi connectivity index (χ2v) is 8.54. The van der Waals surface area contributed by atoms with Crippen LogP contribution in [-0.2, 0) is 13.1 Å². The van der Waals surface area contributed by atoms with E-state index in [4.69, 9.17) is 4.74 Å². The molecular formula is C24H32N6O2. The molecule has 4 rings (SSSR count). The summed E-state index contributed by atoms with van der Waals surface area (Å²) in [6.45, 7) is 7.98. The van der Waals surface area contributed by atoms with Gasteiger partial charge in [-0.3, -0.25) is 4.68 Å². The second-order valence-electron chi connectivity index (χ2n) is 8.54. The number of benzene rings is 1. The van der Waals surface area contributed by atoms with Gasteiger partial charge in [0, 0.05) is 37.7 Å². The molecular weight excluding hydrogens is 404 g/mol. The van der Waals surface area contributed by atoms with Gasteiger partial charge in [-0.1, -0.05) is 12.1 Å². The van der Waals surface area contributed by atoms with Gasteiger partial charge in [0.2, 0.25) is 5.95 Å². The minimum Gasteiger partial charge on any atom is -0.492 e. The maximum atomic E-state index is 11.1. The maximum absolute atomic E-state index is 11.1. The zero-order valence-corrected chi connectivity index (χ0v) is 18.9. The average Bonchev–Trinajstić information content (AvgIpc) is 3.12. The summed E-state index contributed by atoms with van der Waals surface area (Å²) in [5.74, 6) is 1.53. The lowest BCUT2D eigenvalue weighted by Crippen LogP contribution is -2.53. The molecule has 8 nitrogen and oxygen atoms in total. The van der Waals surface area contributed by atoms with Gasteiger partial charge in [0.1, 0.15) is 12.4 Å². The Bertz CT molecular complexity index is 991. The van der Waals surface area contributed by atoms with E-state index in [-0.39, 0.29) is 0 Å². The first-order chi connectivity index (χ1) is 15.5. The van der Waals surface area contributed by atoms with Gasteiger partial charge in [-0.05, 0) is 56.5 Å². The van der Waals surface area contributed by atoms with Crippen molar-refractivity contribution in [2.45, 2.75) is 45.4 Å². The number of nitrogens with one attached hydrogen (secondary N) is 1. The van der Waals surface area contributed by atoms with Gasteiger partial charge >= 0.3 is 0 Å². The van der Waals surface area contributed by atoms with Gasteiger partial charge in [-0.2, -0.15) is 5.10 Å². The van der Waals surface area contributed by atoms with Crippen molar-refractivity contribution in [2.24, 2.45) is 0 Å². The van der Waals surface area contributed by atoms with Crippen LogP contribution in [0.3, 0.4) is 0 Å². The first kappa shape index (κ1) is 22.2. The molecule has 0 bridgehead atoms. The molecule has 8 heteroatoms. The van der Waals surface area contributed by atoms with Crippen molar-refractivity contribution in [1.82, 2.24) is 25.1 Å². The predicted molar refractivity (Wildman–Crippen MR) is 124 cm³/mol. The number of nitrogens with zero attached hydrogens (tertiary/aromatic N) is 5. The smallest absolute Gasteiger partial charge is 0.225 e. The van der Waals surface area contributed by atoms with Crippen molar-refractivity contribution in [1.29, 1.82) is 0 Å². The third kappa shape index (κ3) is 5.83. The molecule has 1 fully saturated rings. The summed E-state index contributed by atoms with van der Waals surface area (Å²) in [4.78, 5) is 10.7. The second kappa shape index (κ2) is 10.1. The Morgan fingerprint density at radius 3 is 2.66 bits per heavy atom. The first-order valence-electron chi connectivity index (χ1n) is 11.2. The largest absolute Gasteiger partial charge is 0.492 e. The Labute approximate surface area is 189 Å². The van der Waals surface area contributed by atoms with Crippen LogP contribution in [0.1, 0.15) is 29.8 Å². The van der Waals surface area contributed by atoms with Gasteiger partial charge in [0.15, 0.2) is 0 Å². The molecule has 0 saturated carbocycles. The standard InChI is InChI=1S/C24H32N6O2/c1-19-15-20(2)30(28-19)13-14-32-22-7-5-21(6-8-22)16-25-17-24(31)9-3-12-29(18-24)23-26-10-4-11-27-23/h4-8,10-11,15,25,31H,3,9,12-14,16-18H2,1-2H3/t24-/m1/s1. The van der Waals surface area contributed by atoms with Crippen LogP contribution in [-0.4, -0.2) is 56.7 Å². The molecule has 1 saturated heterocycles. The summed E-state index contributed by atoms with van der Waals surface area (Å²) in [6.07, 6.45) is 5.16. The van der Waals surface area contributed by atoms with Gasteiger partial charge < -0.3 is 20.1 Å². The zero-order chi connectivity index (χ0) is 22.4. The zero-order valence-electron chi connectivity index (χ0n) is 18.9. The number of hydrogen-bond donors (Lipinski definition) is 2. The molecule has 0 amide bonds. The monoisotopic (exact) mass is 436 g/mol. The fourth-order valence-electron chi connectivity index (χ4n) is 4.18. The predicted octanol–water partition coefficient (Wildman–Crippen LogP) is 2.49. The van der Waals surface area contributed by atoms with Crippen molar-refractivity contribution in [3.8, 4) is 5.75 Å². The molecule has 1 atom stereocenters. The first-order valence-corrected chi connectivity index (χ1v) is 11.2. The number of aryl methyl sites for hydroxylation is 2. The lowest BCUT2D eigenvalue weighted by molar-refractivity contribution is 0.0256. The number of hydrogen-bond acceptors (Lipinski definition) is 7. The number of rotatable bonds is 9. The molecule has 2 N–H and O–H groups in total. The number of aliphatic hydroxyl groups is 1. The highest BCUT2D eigenvalue weighted by atomic mass is 16.5. The highest BCUT2D eigenvalue weighted by molar-refractivity contribution is 5.31. The van der Waals surface area contributed by atoms with Crippen molar-refractivity contribution < 1.29 is 9.84 Å². The number of piperidine rings is 1. The summed E-state index contributed by atoms with van der Waals surface area (Å²) in [5, 5.41) is 18.9. The fourth-order valence-corrected chi connectivity index (χ4v) is 4.18. The van der Waals surface area contributed by atoms with E-state index in [1.807, 2.05) is 23.7 Å². The third-order valence-electron chi connectivity index (χ3n) is 5.77. The van der Waals surface area contributed by atoms with Crippen molar-refractivity contribution >= 4 is 5.95 Å². The van der Waals surface area contributed by atoms with E-state index in [0.717, 1.165) is 48.6 Å². The molecule has 1 aromatic carbocycles. The Morgan fingerprint density at radius 1 is 1.16 bits per heavy atom. The van der Waals surface area contributed by atoms with Crippen LogP contribution < -0.4 is 15.0 Å². The fraction of sp³-hybridized carbons (Fsp3) is 0.458. The third-order valence-corrected chi connectivity index (χ3v) is 5.77. The number of ether oxygens (including phenoxy) is 1. The molecule has 1 aliphatic rings. The van der Waals surface area contributed by atoms with E-state index in [0.29, 0.717) is 32.2 Å². The normalized spacial score (nSPS) is 18.7. The van der Waals surface area contributed by atoms with Crippen molar-refractivity contribution in [3.63, 3.8) is 0 Å². The minimum atomic E-state index is -0.788. The van der Waals surface area contributed by atoms with E-state index >= 15 is 0 Å². The van der Waals surface area contributed by atoms with Crippen molar-refractivity contribution in [3.05, 3.63) is 65.7 Å². The van der Waals surface area contributed by atoms with Crippen LogP contribution in [0.15, 0.2) is 48.8 Å². The molecule has 0 radical (unpaired) electrons. The SMILES string of the molecule is Cc1cc(C)n(CCOc2ccc(CNC[C@]3(O)CCCN(c4ncccn4)C3)cc2)n1. The highest BCUT2D eigenvalue weighted by Gasteiger charge is 2.33. The van der Waals surface area contributed by atoms with E-state index < -0.39 is 5.60 Å². The van der Waals surface area contributed by atoms with Gasteiger partial charge in [-0.15, -0.1) is 0 Å². The molecule has 32 heavy (non-hydrogen) atoms. The molecule has 3 aromatic rings. The van der Waals surface area contributed by atoms with Gasteiger partial charge in [0.05, 0.1) is 24.4 Å². The molecule has 2 aromatic heterocycles. The van der Waals surface area contributed by atoms with Crippen LogP contribution in [0.25, 0.3) is 0 Å². The van der Waals surface area contributed by atoms with Crippen molar-refractivity contribution in [2.75, 3.05) is 31.1 Å². The van der Waals surface area contributed by atoms with E-state index in [9.17, 15) is 5.11 Å².